The lowest BCUT2D eigenvalue weighted by Crippen LogP contribution is -2.13. The molecule has 1 saturated heterocycles. The molecule has 0 amide bonds. The maximum Gasteiger partial charge on any atom is 0.0829 e. The maximum absolute atomic E-state index is 10.3. The van der Waals surface area contributed by atoms with Crippen molar-refractivity contribution in [1.29, 1.82) is 0 Å². The summed E-state index contributed by atoms with van der Waals surface area (Å²) < 4.78 is 0. The molecule has 1 aliphatic rings. The van der Waals surface area contributed by atoms with Crippen molar-refractivity contribution >= 4 is 11.8 Å². The monoisotopic (exact) mass is 222 g/mol. The van der Waals surface area contributed by atoms with E-state index in [2.05, 4.69) is 26.0 Å². The molecule has 1 nitrogen and oxygen atoms in total. The van der Waals surface area contributed by atoms with Gasteiger partial charge in [0.15, 0.2) is 0 Å². The first-order valence-corrected chi connectivity index (χ1v) is 6.67. The highest BCUT2D eigenvalue weighted by atomic mass is 32.2. The molecule has 2 rings (SSSR count). The molecule has 0 spiro atoms. The Hall–Kier alpha value is -0.470. The summed E-state index contributed by atoms with van der Waals surface area (Å²) in [5, 5.41) is 10.3. The second-order valence-corrected chi connectivity index (χ2v) is 5.51. The predicted molar refractivity (Wildman–Crippen MR) is 66.3 cm³/mol. The summed E-state index contributed by atoms with van der Waals surface area (Å²) in [4.78, 5) is 0. The van der Waals surface area contributed by atoms with Gasteiger partial charge in [0.05, 0.1) is 6.10 Å². The summed E-state index contributed by atoms with van der Waals surface area (Å²) >= 11 is 1.96. The molecule has 82 valence electrons. The molecule has 2 heteroatoms. The van der Waals surface area contributed by atoms with E-state index in [0.29, 0.717) is 5.92 Å². The molecule has 0 saturated carbocycles. The van der Waals surface area contributed by atoms with E-state index >= 15 is 0 Å². The van der Waals surface area contributed by atoms with Crippen LogP contribution in [0.25, 0.3) is 0 Å². The highest BCUT2D eigenvalue weighted by molar-refractivity contribution is 7.99. The molecule has 0 aliphatic carbocycles. The van der Waals surface area contributed by atoms with Gasteiger partial charge < -0.3 is 5.11 Å². The summed E-state index contributed by atoms with van der Waals surface area (Å²) in [6.45, 7) is 4.21. The van der Waals surface area contributed by atoms with Crippen molar-refractivity contribution in [3.05, 3.63) is 34.9 Å². The van der Waals surface area contributed by atoms with Crippen LogP contribution in [0.1, 0.15) is 29.2 Å². The van der Waals surface area contributed by atoms with Gasteiger partial charge in [-0.1, -0.05) is 18.2 Å². The lowest BCUT2D eigenvalue weighted by Gasteiger charge is -2.20. The summed E-state index contributed by atoms with van der Waals surface area (Å²) in [7, 11) is 0. The Balaban J connectivity index is 2.24. The highest BCUT2D eigenvalue weighted by Crippen LogP contribution is 2.35. The summed E-state index contributed by atoms with van der Waals surface area (Å²) in [6.07, 6.45) is 0.888. The summed E-state index contributed by atoms with van der Waals surface area (Å²) in [5.41, 5.74) is 3.65. The normalized spacial score (nSPS) is 23.0. The van der Waals surface area contributed by atoms with Crippen molar-refractivity contribution in [3.63, 3.8) is 0 Å². The molecule has 1 N–H and O–H groups in total. The van der Waals surface area contributed by atoms with Crippen LogP contribution in [0.3, 0.4) is 0 Å². The van der Waals surface area contributed by atoms with Crippen LogP contribution in [0.4, 0.5) is 0 Å². The Labute approximate surface area is 95.9 Å². The van der Waals surface area contributed by atoms with E-state index in [1.165, 1.54) is 16.9 Å². The number of thioether (sulfide) groups is 1. The molecule has 0 aromatic heterocycles. The van der Waals surface area contributed by atoms with Crippen LogP contribution in [0.2, 0.25) is 0 Å². The number of benzene rings is 1. The second-order valence-electron chi connectivity index (χ2n) is 4.36. The van der Waals surface area contributed by atoms with Crippen LogP contribution in [0.15, 0.2) is 18.2 Å². The molecular weight excluding hydrogens is 204 g/mol. The fourth-order valence-corrected chi connectivity index (χ4v) is 3.44. The Kier molecular flexibility index (Phi) is 3.37. The van der Waals surface area contributed by atoms with Gasteiger partial charge in [-0.2, -0.15) is 11.8 Å². The van der Waals surface area contributed by atoms with Gasteiger partial charge in [-0.15, -0.1) is 0 Å². The minimum absolute atomic E-state index is 0.264. The van der Waals surface area contributed by atoms with E-state index in [9.17, 15) is 5.11 Å². The molecular formula is C13H18OS. The standard InChI is InChI=1S/C13H18OS/c1-9-4-3-5-12(10(9)2)13(14)11-6-7-15-8-11/h3-5,11,13-14H,6-8H2,1-2H3. The minimum Gasteiger partial charge on any atom is -0.388 e. The number of hydrogen-bond acceptors (Lipinski definition) is 2. The summed E-state index contributed by atoms with van der Waals surface area (Å²) in [5.74, 6) is 2.76. The van der Waals surface area contributed by atoms with Crippen molar-refractivity contribution < 1.29 is 5.11 Å². The average Bonchev–Trinajstić information content (AvgIpc) is 2.74. The first-order valence-electron chi connectivity index (χ1n) is 5.52. The minimum atomic E-state index is -0.264. The van der Waals surface area contributed by atoms with Crippen LogP contribution in [-0.4, -0.2) is 16.6 Å². The Bertz CT molecular complexity index is 342. The fraction of sp³-hybridized carbons (Fsp3) is 0.538. The second kappa shape index (κ2) is 4.58. The number of hydrogen-bond donors (Lipinski definition) is 1. The SMILES string of the molecule is Cc1cccc(C(O)C2CCSC2)c1C. The van der Waals surface area contributed by atoms with Crippen molar-refractivity contribution in [1.82, 2.24) is 0 Å². The zero-order chi connectivity index (χ0) is 10.8. The van der Waals surface area contributed by atoms with Gasteiger partial charge in [-0.25, -0.2) is 0 Å². The van der Waals surface area contributed by atoms with Crippen LogP contribution < -0.4 is 0 Å². The number of aliphatic hydroxyl groups is 1. The van der Waals surface area contributed by atoms with Gasteiger partial charge >= 0.3 is 0 Å². The smallest absolute Gasteiger partial charge is 0.0829 e. The van der Waals surface area contributed by atoms with Crippen LogP contribution in [0, 0.1) is 19.8 Å². The third kappa shape index (κ3) is 2.21. The molecule has 2 unspecified atom stereocenters. The van der Waals surface area contributed by atoms with E-state index < -0.39 is 0 Å². The highest BCUT2D eigenvalue weighted by Gasteiger charge is 2.25. The molecule has 1 fully saturated rings. The van der Waals surface area contributed by atoms with Crippen molar-refractivity contribution in [3.8, 4) is 0 Å². The van der Waals surface area contributed by atoms with Crippen LogP contribution in [0.5, 0.6) is 0 Å². The Morgan fingerprint density at radius 3 is 2.87 bits per heavy atom. The van der Waals surface area contributed by atoms with Crippen LogP contribution in [-0.2, 0) is 0 Å². The summed E-state index contributed by atoms with van der Waals surface area (Å²) in [6, 6.07) is 6.22. The van der Waals surface area contributed by atoms with Gasteiger partial charge in [0.2, 0.25) is 0 Å². The molecule has 2 atom stereocenters. The van der Waals surface area contributed by atoms with Gasteiger partial charge in [-0.05, 0) is 54.4 Å². The number of aliphatic hydroxyl groups excluding tert-OH is 1. The molecule has 1 aromatic carbocycles. The topological polar surface area (TPSA) is 20.2 Å². The molecule has 15 heavy (non-hydrogen) atoms. The quantitative estimate of drug-likeness (QED) is 0.830. The van der Waals surface area contributed by atoms with E-state index in [1.54, 1.807) is 0 Å². The molecule has 0 bridgehead atoms. The lowest BCUT2D eigenvalue weighted by atomic mass is 9.91. The van der Waals surface area contributed by atoms with E-state index in [-0.39, 0.29) is 6.10 Å². The maximum atomic E-state index is 10.3. The lowest BCUT2D eigenvalue weighted by molar-refractivity contribution is 0.120. The largest absolute Gasteiger partial charge is 0.388 e. The van der Waals surface area contributed by atoms with Gasteiger partial charge in [0.25, 0.3) is 0 Å². The Morgan fingerprint density at radius 2 is 2.20 bits per heavy atom. The van der Waals surface area contributed by atoms with Gasteiger partial charge in [0.1, 0.15) is 0 Å². The first-order chi connectivity index (χ1) is 7.20. The van der Waals surface area contributed by atoms with Crippen molar-refractivity contribution in [2.24, 2.45) is 5.92 Å². The predicted octanol–water partition coefficient (Wildman–Crippen LogP) is 3.09. The number of aryl methyl sites for hydroxylation is 1. The van der Waals surface area contributed by atoms with Crippen molar-refractivity contribution in [2.75, 3.05) is 11.5 Å². The van der Waals surface area contributed by atoms with Gasteiger partial charge in [0, 0.05) is 0 Å². The third-order valence-electron chi connectivity index (χ3n) is 3.38. The molecule has 1 aliphatic heterocycles. The van der Waals surface area contributed by atoms with Gasteiger partial charge in [-0.3, -0.25) is 0 Å². The van der Waals surface area contributed by atoms with E-state index in [1.807, 2.05) is 17.8 Å². The van der Waals surface area contributed by atoms with E-state index in [4.69, 9.17) is 0 Å². The fourth-order valence-electron chi connectivity index (χ4n) is 2.15. The van der Waals surface area contributed by atoms with E-state index in [0.717, 1.165) is 17.7 Å². The average molecular weight is 222 g/mol. The zero-order valence-corrected chi connectivity index (χ0v) is 10.2. The molecule has 1 heterocycles. The van der Waals surface area contributed by atoms with Crippen molar-refractivity contribution in [2.45, 2.75) is 26.4 Å². The molecule has 0 radical (unpaired) electrons. The Morgan fingerprint density at radius 1 is 1.40 bits per heavy atom. The first kappa shape index (κ1) is 11.0. The third-order valence-corrected chi connectivity index (χ3v) is 4.56. The van der Waals surface area contributed by atoms with Crippen LogP contribution >= 0.6 is 11.8 Å². The molecule has 1 aromatic rings. The zero-order valence-electron chi connectivity index (χ0n) is 9.36. The number of rotatable bonds is 2.